The van der Waals surface area contributed by atoms with Crippen molar-refractivity contribution < 1.29 is 30.6 Å². The first-order valence-electron chi connectivity index (χ1n) is 12.8. The van der Waals surface area contributed by atoms with Crippen molar-refractivity contribution in [3.63, 3.8) is 0 Å². The molecule has 6 nitrogen and oxygen atoms in total. The van der Waals surface area contributed by atoms with Gasteiger partial charge < -0.3 is 30.6 Å². The lowest BCUT2D eigenvalue weighted by molar-refractivity contribution is -0.0996. The van der Waals surface area contributed by atoms with Gasteiger partial charge in [-0.25, -0.2) is 0 Å². The minimum absolute atomic E-state index is 0.584. The van der Waals surface area contributed by atoms with Gasteiger partial charge in [0, 0.05) is 0 Å². The second kappa shape index (κ2) is 11.8. The maximum Gasteiger partial charge on any atom is 0.139 e. The fourth-order valence-corrected chi connectivity index (χ4v) is 4.77. The summed E-state index contributed by atoms with van der Waals surface area (Å²) in [4.78, 5) is 0. The van der Waals surface area contributed by atoms with Gasteiger partial charge in [-0.15, -0.1) is 0 Å². The van der Waals surface area contributed by atoms with Crippen molar-refractivity contribution in [2.75, 3.05) is 0 Å². The van der Waals surface area contributed by atoms with Gasteiger partial charge >= 0.3 is 0 Å². The van der Waals surface area contributed by atoms with Gasteiger partial charge in [-0.1, -0.05) is 74.5 Å². The Morgan fingerprint density at radius 3 is 1.37 bits per heavy atom. The molecule has 0 bridgehead atoms. The molecule has 6 heteroatoms. The van der Waals surface area contributed by atoms with Crippen LogP contribution in [0.1, 0.15) is 36.1 Å². The van der Waals surface area contributed by atoms with Gasteiger partial charge in [0.05, 0.1) is 0 Å². The molecule has 4 aromatic rings. The summed E-state index contributed by atoms with van der Waals surface area (Å²) < 4.78 is 0. The van der Waals surface area contributed by atoms with Crippen LogP contribution in [-0.4, -0.2) is 55.1 Å². The van der Waals surface area contributed by atoms with Crippen LogP contribution >= 0.6 is 0 Å². The Bertz CT molecular complexity index is 1380. The van der Waals surface area contributed by atoms with Gasteiger partial charge in [0.25, 0.3) is 0 Å². The number of rotatable bonds is 9. The Morgan fingerprint density at radius 1 is 0.605 bits per heavy atom. The highest BCUT2D eigenvalue weighted by molar-refractivity contribution is 5.88. The lowest BCUT2D eigenvalue weighted by Gasteiger charge is -2.26. The van der Waals surface area contributed by atoms with E-state index in [0.717, 1.165) is 34.4 Å². The Labute approximate surface area is 222 Å². The minimum atomic E-state index is -1.97. The van der Waals surface area contributed by atoms with Gasteiger partial charge in [-0.3, -0.25) is 0 Å². The van der Waals surface area contributed by atoms with Gasteiger partial charge in [0.2, 0.25) is 0 Å². The molecule has 0 aliphatic heterocycles. The van der Waals surface area contributed by atoms with Crippen LogP contribution in [0, 0.1) is 0 Å². The van der Waals surface area contributed by atoms with Crippen LogP contribution in [0.15, 0.2) is 84.3 Å². The third-order valence-electron chi connectivity index (χ3n) is 6.98. The summed E-state index contributed by atoms with van der Waals surface area (Å²) in [5.74, 6) is -1.17. The molecular formula is C32H34O6. The molecule has 6 N–H and O–H groups in total. The molecule has 0 unspecified atom stereocenters. The van der Waals surface area contributed by atoms with Crippen molar-refractivity contribution in [2.45, 2.75) is 51.1 Å². The molecule has 0 aromatic heterocycles. The normalized spacial score (nSPS) is 15.9. The lowest BCUT2D eigenvalue weighted by atomic mass is 9.97. The second-order valence-electron chi connectivity index (χ2n) is 9.51. The Hall–Kier alpha value is -3.68. The van der Waals surface area contributed by atoms with Crippen LogP contribution in [-0.2, 0) is 12.8 Å². The van der Waals surface area contributed by atoms with Crippen LogP contribution in [0.3, 0.4) is 0 Å². The zero-order chi connectivity index (χ0) is 27.4. The summed E-state index contributed by atoms with van der Waals surface area (Å²) in [5.41, 5.74) is 3.57. The smallest absolute Gasteiger partial charge is 0.139 e. The van der Waals surface area contributed by atoms with E-state index in [-0.39, 0.29) is 0 Å². The number of benzene rings is 4. The predicted molar refractivity (Wildman–Crippen MR) is 152 cm³/mol. The first-order valence-corrected chi connectivity index (χ1v) is 12.8. The molecule has 198 valence electrons. The summed E-state index contributed by atoms with van der Waals surface area (Å²) in [6, 6.07) is 23.0. The largest absolute Gasteiger partial charge is 0.509 e. The highest BCUT2D eigenvalue weighted by atomic mass is 16.4. The average molecular weight is 515 g/mol. The SMILES string of the molecule is CCc1cccc2cc(C=C(O)[C@@H](O)[C@@H](O)[C@H](O)[C@H](O)C(O)=Cc3ccc4c(CC)cccc4c3)ccc12. The Balaban J connectivity index is 1.49. The molecule has 0 heterocycles. The van der Waals surface area contributed by atoms with Crippen molar-refractivity contribution in [3.8, 4) is 0 Å². The monoisotopic (exact) mass is 514 g/mol. The number of hydrogen-bond acceptors (Lipinski definition) is 6. The maximum absolute atomic E-state index is 10.5. The van der Waals surface area contributed by atoms with Crippen LogP contribution in [0.4, 0.5) is 0 Å². The van der Waals surface area contributed by atoms with E-state index in [1.165, 1.54) is 23.3 Å². The van der Waals surface area contributed by atoms with E-state index in [1.807, 2.05) is 60.7 Å². The number of aryl methyl sites for hydroxylation is 2. The van der Waals surface area contributed by atoms with Crippen LogP contribution in [0.25, 0.3) is 33.7 Å². The molecule has 0 radical (unpaired) electrons. The van der Waals surface area contributed by atoms with Crippen molar-refractivity contribution >= 4 is 33.7 Å². The number of hydrogen-bond donors (Lipinski definition) is 6. The van der Waals surface area contributed by atoms with Gasteiger partial charge in [0.1, 0.15) is 35.9 Å². The van der Waals surface area contributed by atoms with Crippen LogP contribution in [0.5, 0.6) is 0 Å². The van der Waals surface area contributed by atoms with E-state index >= 15 is 0 Å². The first-order chi connectivity index (χ1) is 18.2. The quantitative estimate of drug-likeness (QED) is 0.174. The third kappa shape index (κ3) is 5.74. The summed E-state index contributed by atoms with van der Waals surface area (Å²) in [7, 11) is 0. The van der Waals surface area contributed by atoms with Crippen molar-refractivity contribution in [1.29, 1.82) is 0 Å². The first kappa shape index (κ1) is 27.4. The van der Waals surface area contributed by atoms with E-state index in [1.54, 1.807) is 12.1 Å². The molecule has 0 amide bonds. The topological polar surface area (TPSA) is 121 Å². The zero-order valence-electron chi connectivity index (χ0n) is 21.5. The average Bonchev–Trinajstić information content (AvgIpc) is 2.94. The second-order valence-corrected chi connectivity index (χ2v) is 9.51. The maximum atomic E-state index is 10.5. The zero-order valence-corrected chi connectivity index (χ0v) is 21.5. The minimum Gasteiger partial charge on any atom is -0.509 e. The molecule has 0 saturated carbocycles. The van der Waals surface area contributed by atoms with E-state index in [9.17, 15) is 30.6 Å². The fraction of sp³-hybridized carbons (Fsp3) is 0.250. The molecule has 0 fully saturated rings. The van der Waals surface area contributed by atoms with Gasteiger partial charge in [0.15, 0.2) is 0 Å². The van der Waals surface area contributed by atoms with Gasteiger partial charge in [-0.05, 0) is 80.9 Å². The summed E-state index contributed by atoms with van der Waals surface area (Å²) in [5, 5.41) is 66.8. The molecule has 0 aliphatic rings. The number of aliphatic hydroxyl groups excluding tert-OH is 6. The van der Waals surface area contributed by atoms with Crippen molar-refractivity contribution in [1.82, 2.24) is 0 Å². The Morgan fingerprint density at radius 2 is 1.00 bits per heavy atom. The molecular weight excluding hydrogens is 480 g/mol. The number of fused-ring (bicyclic) bond motifs is 2. The lowest BCUT2D eigenvalue weighted by Crippen LogP contribution is -2.45. The van der Waals surface area contributed by atoms with E-state index in [2.05, 4.69) is 13.8 Å². The molecule has 4 aromatic carbocycles. The van der Waals surface area contributed by atoms with Crippen molar-refractivity contribution in [3.05, 3.63) is 107 Å². The van der Waals surface area contributed by atoms with Crippen molar-refractivity contribution in [2.24, 2.45) is 0 Å². The summed E-state index contributed by atoms with van der Waals surface area (Å²) >= 11 is 0. The predicted octanol–water partition coefficient (Wildman–Crippen LogP) is 5.06. The van der Waals surface area contributed by atoms with E-state index < -0.39 is 35.9 Å². The van der Waals surface area contributed by atoms with E-state index in [0.29, 0.717) is 11.1 Å². The van der Waals surface area contributed by atoms with Gasteiger partial charge in [-0.2, -0.15) is 0 Å². The fourth-order valence-electron chi connectivity index (χ4n) is 4.77. The van der Waals surface area contributed by atoms with Crippen LogP contribution < -0.4 is 0 Å². The molecule has 4 rings (SSSR count). The summed E-state index contributed by atoms with van der Waals surface area (Å²) in [6.45, 7) is 4.14. The third-order valence-corrected chi connectivity index (χ3v) is 6.98. The molecule has 38 heavy (non-hydrogen) atoms. The molecule has 4 atom stereocenters. The molecule has 0 spiro atoms. The summed E-state index contributed by atoms with van der Waals surface area (Å²) in [6.07, 6.45) is -3.37. The standard InChI is InChI=1S/C32H34O6/c1-3-21-7-5-9-23-15-19(11-13-25(21)23)17-27(33)29(35)31(37)32(38)30(36)28(34)18-20-12-14-26-22(4-2)8-6-10-24(26)16-20/h5-18,29-38H,3-4H2,1-2H3/t29-,30-,31-,32-/m1/s1. The highest BCUT2D eigenvalue weighted by Gasteiger charge is 2.34. The highest BCUT2D eigenvalue weighted by Crippen LogP contribution is 2.25. The Kier molecular flexibility index (Phi) is 8.49. The molecule has 0 aliphatic carbocycles. The van der Waals surface area contributed by atoms with Crippen LogP contribution in [0.2, 0.25) is 0 Å². The number of aliphatic hydroxyl groups is 6. The van der Waals surface area contributed by atoms with E-state index in [4.69, 9.17) is 0 Å². The molecule has 0 saturated heterocycles.